The van der Waals surface area contributed by atoms with Crippen molar-refractivity contribution >= 4 is 5.91 Å². The van der Waals surface area contributed by atoms with Crippen molar-refractivity contribution in [2.45, 2.75) is 40.2 Å². The van der Waals surface area contributed by atoms with Crippen molar-refractivity contribution in [1.29, 1.82) is 0 Å². The van der Waals surface area contributed by atoms with Crippen LogP contribution in [-0.4, -0.2) is 12.5 Å². The average molecular weight is 323 g/mol. The van der Waals surface area contributed by atoms with Gasteiger partial charge in [-0.2, -0.15) is 0 Å². The zero-order valence-electron chi connectivity index (χ0n) is 14.7. The van der Waals surface area contributed by atoms with E-state index in [1.54, 1.807) is 0 Å². The molecule has 0 unspecified atom stereocenters. The predicted molar refractivity (Wildman–Crippen MR) is 97.0 cm³/mol. The molecule has 1 aliphatic rings. The molecule has 0 fully saturated rings. The van der Waals surface area contributed by atoms with Gasteiger partial charge in [-0.1, -0.05) is 51.1 Å². The molecule has 3 nitrogen and oxygen atoms in total. The molecule has 0 saturated carbocycles. The normalized spacial score (nSPS) is 13.3. The minimum atomic E-state index is -0.313. The Balaban J connectivity index is 1.66. The number of amides is 1. The summed E-state index contributed by atoms with van der Waals surface area (Å²) in [6, 6.07) is 14.8. The number of rotatable bonds is 5. The number of ether oxygens (including phenoxy) is 1. The molecule has 1 aliphatic heterocycles. The van der Waals surface area contributed by atoms with Crippen molar-refractivity contribution < 1.29 is 9.53 Å². The summed E-state index contributed by atoms with van der Waals surface area (Å²) >= 11 is 0. The smallest absolute Gasteiger partial charge is 0.225 e. The summed E-state index contributed by atoms with van der Waals surface area (Å²) in [5.74, 6) is 1.12. The number of benzene rings is 2. The molecule has 0 saturated heterocycles. The first-order chi connectivity index (χ1) is 11.5. The summed E-state index contributed by atoms with van der Waals surface area (Å²) in [5.41, 5.74) is 4.48. The first kappa shape index (κ1) is 16.6. The monoisotopic (exact) mass is 323 g/mol. The fraction of sp³-hybridized carbons (Fsp3) is 0.381. The van der Waals surface area contributed by atoms with Crippen LogP contribution in [0, 0.1) is 5.41 Å². The molecule has 2 aromatic rings. The minimum Gasteiger partial charge on any atom is -0.493 e. The highest BCUT2D eigenvalue weighted by Crippen LogP contribution is 2.30. The van der Waals surface area contributed by atoms with Crippen LogP contribution >= 0.6 is 0 Å². The number of carbonyl (C=O) groups is 1. The van der Waals surface area contributed by atoms with Crippen LogP contribution in [0.15, 0.2) is 42.5 Å². The Morgan fingerprint density at radius 1 is 1.12 bits per heavy atom. The molecule has 126 valence electrons. The Morgan fingerprint density at radius 3 is 2.54 bits per heavy atom. The van der Waals surface area contributed by atoms with Gasteiger partial charge in [-0.3, -0.25) is 4.79 Å². The fourth-order valence-electron chi connectivity index (χ4n) is 2.76. The van der Waals surface area contributed by atoms with Crippen LogP contribution in [0.2, 0.25) is 0 Å². The van der Waals surface area contributed by atoms with E-state index in [0.29, 0.717) is 6.54 Å². The standard InChI is InChI=1S/C21H25NO2/c1-4-21(2,3)20(23)22-14-15-5-7-16(8-6-15)17-9-10-19-18(13-17)11-12-24-19/h5-10,13H,4,11-12,14H2,1-3H3,(H,22,23). The molecule has 1 amide bonds. The molecule has 0 atom stereocenters. The van der Waals surface area contributed by atoms with Crippen molar-refractivity contribution in [2.75, 3.05) is 6.61 Å². The second kappa shape index (κ2) is 6.68. The van der Waals surface area contributed by atoms with Crippen LogP contribution in [0.5, 0.6) is 5.75 Å². The lowest BCUT2D eigenvalue weighted by Gasteiger charge is -2.21. The third-order valence-electron chi connectivity index (χ3n) is 4.93. The molecular formula is C21H25NO2. The average Bonchev–Trinajstić information content (AvgIpc) is 3.07. The highest BCUT2D eigenvalue weighted by molar-refractivity contribution is 5.81. The van der Waals surface area contributed by atoms with Crippen LogP contribution < -0.4 is 10.1 Å². The van der Waals surface area contributed by atoms with E-state index < -0.39 is 0 Å². The van der Waals surface area contributed by atoms with Crippen molar-refractivity contribution in [3.05, 3.63) is 53.6 Å². The topological polar surface area (TPSA) is 38.3 Å². The molecule has 0 aromatic heterocycles. The lowest BCUT2D eigenvalue weighted by molar-refractivity contribution is -0.129. The van der Waals surface area contributed by atoms with Gasteiger partial charge in [-0.05, 0) is 40.8 Å². The second-order valence-corrected chi connectivity index (χ2v) is 7.04. The lowest BCUT2D eigenvalue weighted by atomic mass is 9.89. The van der Waals surface area contributed by atoms with Gasteiger partial charge in [-0.15, -0.1) is 0 Å². The molecule has 3 rings (SSSR count). The molecule has 1 N–H and O–H groups in total. The molecule has 0 bridgehead atoms. The predicted octanol–water partition coefficient (Wildman–Crippen LogP) is 4.34. The van der Waals surface area contributed by atoms with E-state index in [1.165, 1.54) is 16.7 Å². The maximum atomic E-state index is 12.1. The summed E-state index contributed by atoms with van der Waals surface area (Å²) in [4.78, 5) is 12.1. The molecular weight excluding hydrogens is 298 g/mol. The number of carbonyl (C=O) groups excluding carboxylic acids is 1. The zero-order chi connectivity index (χ0) is 17.2. The summed E-state index contributed by atoms with van der Waals surface area (Å²) < 4.78 is 5.56. The fourth-order valence-corrected chi connectivity index (χ4v) is 2.76. The molecule has 2 aromatic carbocycles. The van der Waals surface area contributed by atoms with Crippen LogP contribution in [0.4, 0.5) is 0 Å². The van der Waals surface area contributed by atoms with Gasteiger partial charge in [0.05, 0.1) is 6.61 Å². The highest BCUT2D eigenvalue weighted by Gasteiger charge is 2.24. The van der Waals surface area contributed by atoms with Gasteiger partial charge in [0.2, 0.25) is 5.91 Å². The number of nitrogens with one attached hydrogen (secondary N) is 1. The quantitative estimate of drug-likeness (QED) is 0.889. The Labute approximate surface area is 144 Å². The molecule has 0 spiro atoms. The zero-order valence-corrected chi connectivity index (χ0v) is 14.7. The van der Waals surface area contributed by atoms with Crippen LogP contribution in [0.3, 0.4) is 0 Å². The first-order valence-corrected chi connectivity index (χ1v) is 8.63. The van der Waals surface area contributed by atoms with Gasteiger partial charge < -0.3 is 10.1 Å². The Kier molecular flexibility index (Phi) is 4.61. The van der Waals surface area contributed by atoms with Gasteiger partial charge in [0.25, 0.3) is 0 Å². The van der Waals surface area contributed by atoms with Gasteiger partial charge >= 0.3 is 0 Å². The molecule has 3 heteroatoms. The van der Waals surface area contributed by atoms with E-state index in [1.807, 2.05) is 20.8 Å². The number of hydrogen-bond acceptors (Lipinski definition) is 2. The molecule has 0 radical (unpaired) electrons. The van der Waals surface area contributed by atoms with Crippen molar-refractivity contribution in [1.82, 2.24) is 5.32 Å². The van der Waals surface area contributed by atoms with Crippen molar-refractivity contribution in [2.24, 2.45) is 5.41 Å². The summed E-state index contributed by atoms with van der Waals surface area (Å²) in [6.45, 7) is 7.34. The van der Waals surface area contributed by atoms with E-state index >= 15 is 0 Å². The SMILES string of the molecule is CCC(C)(C)C(=O)NCc1ccc(-c2ccc3c(c2)CCO3)cc1. The van der Waals surface area contributed by atoms with Crippen molar-refractivity contribution in [3.8, 4) is 16.9 Å². The summed E-state index contributed by atoms with van der Waals surface area (Å²) in [6.07, 6.45) is 1.82. The van der Waals surface area contributed by atoms with E-state index in [9.17, 15) is 4.79 Å². The van der Waals surface area contributed by atoms with E-state index in [-0.39, 0.29) is 11.3 Å². The third-order valence-corrected chi connectivity index (χ3v) is 4.93. The maximum absolute atomic E-state index is 12.1. The van der Waals surface area contributed by atoms with Crippen LogP contribution in [0.1, 0.15) is 38.3 Å². The van der Waals surface area contributed by atoms with Crippen molar-refractivity contribution in [3.63, 3.8) is 0 Å². The van der Waals surface area contributed by atoms with E-state index in [0.717, 1.165) is 30.8 Å². The van der Waals surface area contributed by atoms with E-state index in [4.69, 9.17) is 4.74 Å². The maximum Gasteiger partial charge on any atom is 0.225 e. The summed E-state index contributed by atoms with van der Waals surface area (Å²) in [7, 11) is 0. The first-order valence-electron chi connectivity index (χ1n) is 8.63. The van der Waals surface area contributed by atoms with Gasteiger partial charge in [0.1, 0.15) is 5.75 Å². The second-order valence-electron chi connectivity index (χ2n) is 7.04. The van der Waals surface area contributed by atoms with Gasteiger partial charge in [0.15, 0.2) is 0 Å². The molecule has 24 heavy (non-hydrogen) atoms. The van der Waals surface area contributed by atoms with Gasteiger partial charge in [0, 0.05) is 18.4 Å². The van der Waals surface area contributed by atoms with E-state index in [2.05, 4.69) is 47.8 Å². The van der Waals surface area contributed by atoms with Crippen LogP contribution in [0.25, 0.3) is 11.1 Å². The van der Waals surface area contributed by atoms with Crippen LogP contribution in [-0.2, 0) is 17.8 Å². The Morgan fingerprint density at radius 2 is 1.83 bits per heavy atom. The Hall–Kier alpha value is -2.29. The lowest BCUT2D eigenvalue weighted by Crippen LogP contribution is -2.35. The molecule has 0 aliphatic carbocycles. The van der Waals surface area contributed by atoms with Gasteiger partial charge in [-0.25, -0.2) is 0 Å². The molecule has 1 heterocycles. The number of hydrogen-bond donors (Lipinski definition) is 1. The number of fused-ring (bicyclic) bond motifs is 1. The summed E-state index contributed by atoms with van der Waals surface area (Å²) in [5, 5.41) is 3.03. The largest absolute Gasteiger partial charge is 0.493 e. The minimum absolute atomic E-state index is 0.104. The highest BCUT2D eigenvalue weighted by atomic mass is 16.5. The third kappa shape index (κ3) is 3.45. The Bertz CT molecular complexity index is 732.